The molecule has 1 aliphatic rings. The van der Waals surface area contributed by atoms with E-state index in [9.17, 15) is 10.0 Å². The van der Waals surface area contributed by atoms with E-state index in [0.29, 0.717) is 25.6 Å². The third-order valence-corrected chi connectivity index (χ3v) is 5.03. The third kappa shape index (κ3) is 6.98. The Hall–Kier alpha value is -3.09. The molecule has 1 amide bonds. The van der Waals surface area contributed by atoms with Crippen molar-refractivity contribution < 1.29 is 19.0 Å². The summed E-state index contributed by atoms with van der Waals surface area (Å²) in [6, 6.07) is 11.5. The fraction of sp³-hybridized carbons (Fsp3) is 0.458. The average Bonchev–Trinajstić information content (AvgIpc) is 2.72. The lowest BCUT2D eigenvalue weighted by Crippen LogP contribution is -2.42. The van der Waals surface area contributed by atoms with Crippen molar-refractivity contribution in [3.8, 4) is 17.0 Å². The van der Waals surface area contributed by atoms with Gasteiger partial charge in [-0.15, -0.1) is 0 Å². The minimum absolute atomic E-state index is 0.238. The zero-order valence-electron chi connectivity index (χ0n) is 18.7. The maximum Gasteiger partial charge on any atom is 0.410 e. The molecule has 7 heteroatoms. The molecular formula is C24H31N3O4. The topological polar surface area (TPSA) is 77.7 Å². The molecule has 31 heavy (non-hydrogen) atoms. The SMILES string of the molecule is C/[N+]([O-])=C/c1ccc(-c2ccc(OCC3CCN(C(=O)OC(C)(C)C)CC3)cn2)cc1. The monoisotopic (exact) mass is 425 g/mol. The summed E-state index contributed by atoms with van der Waals surface area (Å²) in [7, 11) is 1.46. The van der Waals surface area contributed by atoms with Crippen molar-refractivity contribution in [2.24, 2.45) is 5.92 Å². The number of ether oxygens (including phenoxy) is 2. The van der Waals surface area contributed by atoms with Crippen molar-refractivity contribution in [3.05, 3.63) is 53.4 Å². The van der Waals surface area contributed by atoms with Crippen LogP contribution < -0.4 is 4.74 Å². The second-order valence-electron chi connectivity index (χ2n) is 8.90. The quantitative estimate of drug-likeness (QED) is 0.308. The molecule has 0 atom stereocenters. The largest absolute Gasteiger partial charge is 0.624 e. The number of nitrogens with zero attached hydrogens (tertiary/aromatic N) is 3. The number of carbonyl (C=O) groups is 1. The van der Waals surface area contributed by atoms with Crippen molar-refractivity contribution in [3.63, 3.8) is 0 Å². The smallest absolute Gasteiger partial charge is 0.410 e. The number of carbonyl (C=O) groups excluding carboxylic acids is 1. The summed E-state index contributed by atoms with van der Waals surface area (Å²) >= 11 is 0. The first-order valence-electron chi connectivity index (χ1n) is 10.6. The van der Waals surface area contributed by atoms with E-state index in [1.54, 1.807) is 11.1 Å². The molecule has 2 aromatic rings. The molecule has 0 radical (unpaired) electrons. The van der Waals surface area contributed by atoms with E-state index in [1.807, 2.05) is 57.2 Å². The molecule has 1 aromatic carbocycles. The van der Waals surface area contributed by atoms with Gasteiger partial charge in [-0.05, 0) is 63.8 Å². The number of rotatable bonds is 5. The van der Waals surface area contributed by atoms with Crippen molar-refractivity contribution >= 4 is 12.3 Å². The van der Waals surface area contributed by atoms with Gasteiger partial charge in [0.1, 0.15) is 18.4 Å². The summed E-state index contributed by atoms with van der Waals surface area (Å²) in [6.07, 6.45) is 4.81. The van der Waals surface area contributed by atoms with Crippen LogP contribution in [0.15, 0.2) is 42.6 Å². The predicted octanol–water partition coefficient (Wildman–Crippen LogP) is 4.33. The van der Waals surface area contributed by atoms with Gasteiger partial charge >= 0.3 is 6.09 Å². The Morgan fingerprint density at radius 1 is 1.19 bits per heavy atom. The number of hydrogen-bond donors (Lipinski definition) is 0. The first-order valence-corrected chi connectivity index (χ1v) is 10.6. The minimum Gasteiger partial charge on any atom is -0.624 e. The maximum absolute atomic E-state index is 12.2. The highest BCUT2D eigenvalue weighted by Crippen LogP contribution is 2.23. The molecule has 166 valence electrons. The molecular weight excluding hydrogens is 394 g/mol. The van der Waals surface area contributed by atoms with Crippen LogP contribution in [-0.2, 0) is 4.74 Å². The Balaban J connectivity index is 1.47. The van der Waals surface area contributed by atoms with Gasteiger partial charge in [-0.2, -0.15) is 0 Å². The molecule has 7 nitrogen and oxygen atoms in total. The zero-order valence-corrected chi connectivity index (χ0v) is 18.7. The van der Waals surface area contributed by atoms with Gasteiger partial charge in [0, 0.05) is 24.2 Å². The van der Waals surface area contributed by atoms with Crippen LogP contribution in [0.3, 0.4) is 0 Å². The van der Waals surface area contributed by atoms with Gasteiger partial charge in [0.05, 0.1) is 18.5 Å². The third-order valence-electron chi connectivity index (χ3n) is 5.03. The van der Waals surface area contributed by atoms with E-state index in [-0.39, 0.29) is 6.09 Å². The van der Waals surface area contributed by atoms with Crippen LogP contribution >= 0.6 is 0 Å². The molecule has 2 heterocycles. The Kier molecular flexibility index (Phi) is 7.15. The van der Waals surface area contributed by atoms with Crippen LogP contribution in [0.2, 0.25) is 0 Å². The molecule has 1 fully saturated rings. The highest BCUT2D eigenvalue weighted by atomic mass is 16.6. The molecule has 0 aliphatic carbocycles. The van der Waals surface area contributed by atoms with Crippen molar-refractivity contribution in [1.82, 2.24) is 9.88 Å². The Morgan fingerprint density at radius 2 is 1.87 bits per heavy atom. The van der Waals surface area contributed by atoms with Crippen LogP contribution in [0.4, 0.5) is 4.79 Å². The van der Waals surface area contributed by atoms with E-state index in [1.165, 1.54) is 13.3 Å². The number of aromatic nitrogens is 1. The van der Waals surface area contributed by atoms with E-state index >= 15 is 0 Å². The molecule has 0 saturated carbocycles. The summed E-state index contributed by atoms with van der Waals surface area (Å²) in [5.41, 5.74) is 2.20. The van der Waals surface area contributed by atoms with Gasteiger partial charge in [0.2, 0.25) is 0 Å². The Labute approximate surface area is 183 Å². The van der Waals surface area contributed by atoms with E-state index in [2.05, 4.69) is 4.98 Å². The lowest BCUT2D eigenvalue weighted by atomic mass is 9.98. The Morgan fingerprint density at radius 3 is 2.42 bits per heavy atom. The normalized spacial score (nSPS) is 15.6. The number of amides is 1. The molecule has 3 rings (SSSR count). The van der Waals surface area contributed by atoms with E-state index in [0.717, 1.165) is 40.2 Å². The van der Waals surface area contributed by atoms with Crippen molar-refractivity contribution in [2.45, 2.75) is 39.2 Å². The number of hydrogen-bond acceptors (Lipinski definition) is 5. The van der Waals surface area contributed by atoms with Gasteiger partial charge in [-0.25, -0.2) is 9.53 Å². The van der Waals surface area contributed by atoms with E-state index < -0.39 is 5.60 Å². The molecule has 0 bridgehead atoms. The minimum atomic E-state index is -0.468. The summed E-state index contributed by atoms with van der Waals surface area (Å²) in [5.74, 6) is 1.14. The van der Waals surface area contributed by atoms with Crippen LogP contribution in [0, 0.1) is 11.1 Å². The fourth-order valence-electron chi connectivity index (χ4n) is 3.41. The molecule has 0 unspecified atom stereocenters. The first kappa shape index (κ1) is 22.6. The number of hydroxylamine groups is 1. The van der Waals surface area contributed by atoms with Crippen LogP contribution in [0.25, 0.3) is 11.3 Å². The second-order valence-corrected chi connectivity index (χ2v) is 8.90. The van der Waals surface area contributed by atoms with Gasteiger partial charge in [-0.1, -0.05) is 12.1 Å². The predicted molar refractivity (Wildman–Crippen MR) is 120 cm³/mol. The number of likely N-dealkylation sites (tertiary alicyclic amines) is 1. The molecule has 0 spiro atoms. The molecule has 1 aliphatic heterocycles. The summed E-state index contributed by atoms with van der Waals surface area (Å²) in [4.78, 5) is 18.4. The highest BCUT2D eigenvalue weighted by Gasteiger charge is 2.27. The lowest BCUT2D eigenvalue weighted by Gasteiger charge is -2.33. The molecule has 1 aromatic heterocycles. The molecule has 0 N–H and O–H groups in total. The number of piperidine rings is 1. The fourth-order valence-corrected chi connectivity index (χ4v) is 3.41. The molecule has 1 saturated heterocycles. The van der Waals surface area contributed by atoms with Gasteiger partial charge in [-0.3, -0.25) is 4.98 Å². The first-order chi connectivity index (χ1) is 14.7. The summed E-state index contributed by atoms with van der Waals surface area (Å²) < 4.78 is 12.2. The zero-order chi connectivity index (χ0) is 22.4. The van der Waals surface area contributed by atoms with E-state index in [4.69, 9.17) is 9.47 Å². The lowest BCUT2D eigenvalue weighted by molar-refractivity contribution is -0.416. The van der Waals surface area contributed by atoms with Gasteiger partial charge in [0.15, 0.2) is 6.21 Å². The number of benzene rings is 1. The van der Waals surface area contributed by atoms with Crippen molar-refractivity contribution in [1.29, 1.82) is 0 Å². The van der Waals surface area contributed by atoms with Gasteiger partial charge in [0.25, 0.3) is 0 Å². The van der Waals surface area contributed by atoms with Crippen LogP contribution in [0.5, 0.6) is 5.75 Å². The van der Waals surface area contributed by atoms with Gasteiger partial charge < -0.3 is 19.6 Å². The van der Waals surface area contributed by atoms with Crippen LogP contribution in [0.1, 0.15) is 39.2 Å². The number of pyridine rings is 1. The summed E-state index contributed by atoms with van der Waals surface area (Å²) in [5, 5.41) is 11.1. The maximum atomic E-state index is 12.2. The Bertz CT molecular complexity index is 890. The standard InChI is InChI=1S/C24H31N3O4/c1-24(2,3)31-23(28)27-13-11-19(12-14-27)17-30-21-9-10-22(25-15-21)20-7-5-18(6-8-20)16-26(4)29/h5-10,15-16,19H,11-14,17H2,1-4H3/b26-16-. The average molecular weight is 426 g/mol. The van der Waals surface area contributed by atoms with Crippen molar-refractivity contribution in [2.75, 3.05) is 26.7 Å². The summed E-state index contributed by atoms with van der Waals surface area (Å²) in [6.45, 7) is 7.63. The second kappa shape index (κ2) is 9.81. The van der Waals surface area contributed by atoms with Crippen LogP contribution in [-0.4, -0.2) is 59.3 Å². The highest BCUT2D eigenvalue weighted by molar-refractivity contribution is 5.77.